The molecule has 0 radical (unpaired) electrons. The van der Waals surface area contributed by atoms with Crippen molar-refractivity contribution in [2.45, 2.75) is 6.18 Å². The number of carbonyl (C=O) groups excluding carboxylic acids is 3. The van der Waals surface area contributed by atoms with Crippen LogP contribution in [-0.4, -0.2) is 36.2 Å². The fourth-order valence-corrected chi connectivity index (χ4v) is 5.00. The van der Waals surface area contributed by atoms with E-state index in [1.807, 2.05) is 0 Å². The van der Waals surface area contributed by atoms with E-state index in [4.69, 9.17) is 38.0 Å². The number of alkyl halides is 3. The van der Waals surface area contributed by atoms with Crippen LogP contribution in [0.4, 0.5) is 18.9 Å². The Morgan fingerprint density at radius 2 is 1.85 bits per heavy atom. The number of amides is 1. The summed E-state index contributed by atoms with van der Waals surface area (Å²) in [6, 6.07) is 13.2. The molecule has 0 atom stereocenters. The van der Waals surface area contributed by atoms with Gasteiger partial charge in [0.1, 0.15) is 5.75 Å². The smallest absolute Gasteiger partial charge is 0.416 e. The first kappa shape index (κ1) is 29.1. The molecule has 1 amide bonds. The highest BCUT2D eigenvalue weighted by Gasteiger charge is 2.36. The van der Waals surface area contributed by atoms with Gasteiger partial charge in [0.2, 0.25) is 0 Å². The molecule has 1 aliphatic heterocycles. The molecule has 1 aliphatic rings. The lowest BCUT2D eigenvalue weighted by molar-refractivity contribution is -0.138. The zero-order valence-electron chi connectivity index (χ0n) is 20.4. The Kier molecular flexibility index (Phi) is 8.82. The van der Waals surface area contributed by atoms with Gasteiger partial charge in [0.15, 0.2) is 28.7 Å². The molecule has 40 heavy (non-hydrogen) atoms. The molecule has 0 N–H and O–H groups in total. The van der Waals surface area contributed by atoms with Crippen molar-refractivity contribution < 1.29 is 41.8 Å². The van der Waals surface area contributed by atoms with Crippen LogP contribution >= 0.6 is 35.6 Å². The molecule has 1 fully saturated rings. The van der Waals surface area contributed by atoms with Crippen molar-refractivity contribution in [1.29, 1.82) is 0 Å². The van der Waals surface area contributed by atoms with Gasteiger partial charge < -0.3 is 14.2 Å². The summed E-state index contributed by atoms with van der Waals surface area (Å²) in [5.41, 5.74) is -0.250. The van der Waals surface area contributed by atoms with Crippen LogP contribution in [0.15, 0.2) is 65.6 Å². The number of carbonyl (C=O) groups is 3. The number of thioether (sulfide) groups is 1. The molecule has 4 rings (SSSR count). The van der Waals surface area contributed by atoms with Gasteiger partial charge in [0, 0.05) is 11.1 Å². The number of aldehydes is 1. The van der Waals surface area contributed by atoms with Gasteiger partial charge in [-0.1, -0.05) is 47.7 Å². The quantitative estimate of drug-likeness (QED) is 0.0935. The average molecular weight is 608 g/mol. The van der Waals surface area contributed by atoms with E-state index in [1.165, 1.54) is 49.6 Å². The lowest BCUT2D eigenvalue weighted by Crippen LogP contribution is -2.27. The Bertz CT molecular complexity index is 1540. The van der Waals surface area contributed by atoms with Crippen LogP contribution in [0.3, 0.4) is 0 Å². The third-order valence-corrected chi connectivity index (χ3v) is 6.92. The Hall–Kier alpha value is -3.87. The molecule has 1 heterocycles. The monoisotopic (exact) mass is 607 g/mol. The summed E-state index contributed by atoms with van der Waals surface area (Å²) in [7, 11) is 1.37. The molecule has 1 saturated heterocycles. The third-order valence-electron chi connectivity index (χ3n) is 5.38. The number of halogens is 4. The van der Waals surface area contributed by atoms with Crippen molar-refractivity contribution in [3.05, 3.63) is 87.3 Å². The molecule has 206 valence electrons. The molecular formula is C27H17ClF3NO6S2. The second kappa shape index (κ2) is 12.1. The van der Waals surface area contributed by atoms with Gasteiger partial charge in [-0.3, -0.25) is 14.5 Å². The molecule has 13 heteroatoms. The average Bonchev–Trinajstić information content (AvgIpc) is 3.19. The number of benzene rings is 3. The second-order valence-electron chi connectivity index (χ2n) is 8.04. The number of hydrogen-bond acceptors (Lipinski definition) is 8. The predicted molar refractivity (Wildman–Crippen MR) is 148 cm³/mol. The zero-order chi connectivity index (χ0) is 29.0. The predicted octanol–water partition coefficient (Wildman–Crippen LogP) is 6.57. The van der Waals surface area contributed by atoms with Crippen LogP contribution < -0.4 is 19.1 Å². The van der Waals surface area contributed by atoms with E-state index in [0.717, 1.165) is 28.8 Å². The summed E-state index contributed by atoms with van der Waals surface area (Å²) in [6.45, 7) is -0.518. The molecule has 0 unspecified atom stereocenters. The summed E-state index contributed by atoms with van der Waals surface area (Å²) in [5, 5.41) is 0.276. The fourth-order valence-electron chi connectivity index (χ4n) is 3.54. The van der Waals surface area contributed by atoms with Crippen LogP contribution in [0.25, 0.3) is 6.08 Å². The van der Waals surface area contributed by atoms with Crippen molar-refractivity contribution in [2.24, 2.45) is 0 Å². The van der Waals surface area contributed by atoms with E-state index in [0.29, 0.717) is 11.8 Å². The van der Waals surface area contributed by atoms with Gasteiger partial charge >= 0.3 is 12.1 Å². The topological polar surface area (TPSA) is 82.1 Å². The maximum Gasteiger partial charge on any atom is 0.416 e. The van der Waals surface area contributed by atoms with E-state index < -0.39 is 30.2 Å². The molecule has 3 aromatic rings. The minimum atomic E-state index is -4.57. The fraction of sp³-hybridized carbons (Fsp3) is 0.111. The highest BCUT2D eigenvalue weighted by Crippen LogP contribution is 2.39. The summed E-state index contributed by atoms with van der Waals surface area (Å²) >= 11 is 12.1. The molecule has 0 saturated carbocycles. The van der Waals surface area contributed by atoms with Crippen molar-refractivity contribution in [2.75, 3.05) is 18.6 Å². The van der Waals surface area contributed by atoms with E-state index in [-0.39, 0.29) is 42.7 Å². The number of esters is 1. The van der Waals surface area contributed by atoms with Gasteiger partial charge in [-0.05, 0) is 54.1 Å². The number of nitrogens with zero attached hydrogens (tertiary/aromatic N) is 1. The SMILES string of the molecule is COc1cc(/C=C2\SC(=S)N(c3cccc(C(F)(F)F)c3)C2=O)ccc1OCC(=O)Oc1cc(Cl)ccc1C=O. The number of rotatable bonds is 8. The standard InChI is InChI=1S/C27H17ClF3NO6S2/c1-36-22-9-15(5-8-20(22)37-14-24(34)38-21-12-18(28)7-6-16(21)13-33)10-23-25(35)32(26(39)40-23)19-4-2-3-17(11-19)27(29,30)31/h2-13H,14H2,1H3/b23-10-. The van der Waals surface area contributed by atoms with Gasteiger partial charge in [-0.15, -0.1) is 0 Å². The minimum absolute atomic E-state index is 0.00646. The Morgan fingerprint density at radius 1 is 1.07 bits per heavy atom. The lowest BCUT2D eigenvalue weighted by Gasteiger charge is -2.16. The summed E-state index contributed by atoms with van der Waals surface area (Å²) in [6.07, 6.45) is -2.54. The molecule has 0 bridgehead atoms. The van der Waals surface area contributed by atoms with Crippen LogP contribution in [-0.2, 0) is 15.8 Å². The normalized spacial score (nSPS) is 14.4. The van der Waals surface area contributed by atoms with E-state index >= 15 is 0 Å². The summed E-state index contributed by atoms with van der Waals surface area (Å²) < 4.78 is 55.5. The number of ether oxygens (including phenoxy) is 3. The highest BCUT2D eigenvalue weighted by atomic mass is 35.5. The Morgan fingerprint density at radius 3 is 2.55 bits per heavy atom. The van der Waals surface area contributed by atoms with Crippen LogP contribution in [0.5, 0.6) is 17.2 Å². The second-order valence-corrected chi connectivity index (χ2v) is 10.2. The zero-order valence-corrected chi connectivity index (χ0v) is 22.7. The molecule has 3 aromatic carbocycles. The Labute approximate surface area is 240 Å². The first-order chi connectivity index (χ1) is 19.0. The number of methoxy groups -OCH3 is 1. The third kappa shape index (κ3) is 6.64. The minimum Gasteiger partial charge on any atom is -0.493 e. The molecule has 0 aromatic heterocycles. The van der Waals surface area contributed by atoms with Crippen LogP contribution in [0.2, 0.25) is 5.02 Å². The van der Waals surface area contributed by atoms with Crippen molar-refractivity contribution in [3.8, 4) is 17.2 Å². The maximum absolute atomic E-state index is 13.1. The molecule has 0 spiro atoms. The van der Waals surface area contributed by atoms with Crippen molar-refractivity contribution in [3.63, 3.8) is 0 Å². The first-order valence-corrected chi connectivity index (χ1v) is 12.8. The van der Waals surface area contributed by atoms with Crippen molar-refractivity contribution in [1.82, 2.24) is 0 Å². The van der Waals surface area contributed by atoms with E-state index in [9.17, 15) is 27.6 Å². The molecule has 0 aliphatic carbocycles. The number of thiocarbonyl (C=S) groups is 1. The van der Waals surface area contributed by atoms with Gasteiger partial charge in [-0.2, -0.15) is 13.2 Å². The summed E-state index contributed by atoms with van der Waals surface area (Å²) in [5.74, 6) is -0.969. The highest BCUT2D eigenvalue weighted by molar-refractivity contribution is 8.27. The van der Waals surface area contributed by atoms with E-state index in [2.05, 4.69) is 0 Å². The Balaban J connectivity index is 1.47. The van der Waals surface area contributed by atoms with Crippen LogP contribution in [0.1, 0.15) is 21.5 Å². The van der Waals surface area contributed by atoms with Gasteiger partial charge in [0.25, 0.3) is 5.91 Å². The molecular weight excluding hydrogens is 591 g/mol. The number of anilines is 1. The lowest BCUT2D eigenvalue weighted by atomic mass is 10.1. The van der Waals surface area contributed by atoms with Crippen LogP contribution in [0, 0.1) is 0 Å². The molecule has 7 nitrogen and oxygen atoms in total. The van der Waals surface area contributed by atoms with E-state index in [1.54, 1.807) is 12.1 Å². The van der Waals surface area contributed by atoms with Gasteiger partial charge in [0.05, 0.1) is 28.8 Å². The summed E-state index contributed by atoms with van der Waals surface area (Å²) in [4.78, 5) is 37.7. The number of hydrogen-bond donors (Lipinski definition) is 0. The largest absolute Gasteiger partial charge is 0.493 e. The van der Waals surface area contributed by atoms with Gasteiger partial charge in [-0.25, -0.2) is 4.79 Å². The maximum atomic E-state index is 13.1. The first-order valence-electron chi connectivity index (χ1n) is 11.2. The van der Waals surface area contributed by atoms with Crippen molar-refractivity contribution >= 4 is 69.8 Å².